The van der Waals surface area contributed by atoms with Crippen LogP contribution < -0.4 is 14.8 Å². The average Bonchev–Trinajstić information content (AvgIpc) is 2.80. The number of hydrogen-bond acceptors (Lipinski definition) is 4. The molecule has 2 N–H and O–H groups in total. The number of amides is 1. The van der Waals surface area contributed by atoms with Gasteiger partial charge in [-0.25, -0.2) is 8.42 Å². The average molecular weight is 507 g/mol. The number of ether oxygens (including phenoxy) is 1. The first kappa shape index (κ1) is 25.1. The van der Waals surface area contributed by atoms with Crippen LogP contribution in [0.2, 0.25) is 10.0 Å². The first-order valence-electron chi connectivity index (χ1n) is 10.3. The van der Waals surface area contributed by atoms with Crippen LogP contribution in [0.25, 0.3) is 0 Å². The van der Waals surface area contributed by atoms with Crippen molar-refractivity contribution in [3.63, 3.8) is 0 Å². The Balaban J connectivity index is 1.80. The maximum atomic E-state index is 13.1. The molecule has 1 amide bonds. The van der Waals surface area contributed by atoms with Crippen molar-refractivity contribution >= 4 is 39.1 Å². The number of halogens is 2. The summed E-state index contributed by atoms with van der Waals surface area (Å²) in [5.41, 5.74) is 1.66. The van der Waals surface area contributed by atoms with Crippen molar-refractivity contribution in [2.75, 3.05) is 6.61 Å². The molecule has 6 nitrogen and oxygen atoms in total. The predicted molar refractivity (Wildman–Crippen MR) is 130 cm³/mol. The number of carbonyl (C=O) groups excluding carboxylic acids is 1. The van der Waals surface area contributed by atoms with Crippen molar-refractivity contribution in [2.45, 2.75) is 30.8 Å². The molecule has 0 spiro atoms. The third-order valence-corrected chi connectivity index (χ3v) is 6.81. The van der Waals surface area contributed by atoms with Crippen LogP contribution in [0.15, 0.2) is 77.7 Å². The summed E-state index contributed by atoms with van der Waals surface area (Å²) in [5, 5.41) is 3.56. The van der Waals surface area contributed by atoms with E-state index < -0.39 is 22.0 Å². The first-order valence-corrected chi connectivity index (χ1v) is 12.5. The number of benzene rings is 3. The van der Waals surface area contributed by atoms with E-state index >= 15 is 0 Å². The van der Waals surface area contributed by atoms with E-state index in [-0.39, 0.29) is 22.9 Å². The molecular weight excluding hydrogens is 483 g/mol. The Morgan fingerprint density at radius 3 is 2.30 bits per heavy atom. The molecule has 33 heavy (non-hydrogen) atoms. The van der Waals surface area contributed by atoms with Crippen LogP contribution in [0, 0.1) is 0 Å². The smallest absolute Gasteiger partial charge is 0.241 e. The lowest BCUT2D eigenvalue weighted by molar-refractivity contribution is -0.122. The minimum atomic E-state index is -4.04. The van der Waals surface area contributed by atoms with E-state index in [1.165, 1.54) is 18.2 Å². The van der Waals surface area contributed by atoms with Gasteiger partial charge in [-0.3, -0.25) is 4.79 Å². The van der Waals surface area contributed by atoms with Crippen LogP contribution >= 0.6 is 23.2 Å². The molecule has 0 bridgehead atoms. The second kappa shape index (κ2) is 11.5. The quantitative estimate of drug-likeness (QED) is 0.420. The summed E-state index contributed by atoms with van der Waals surface area (Å²) < 4.78 is 34.0. The third-order valence-electron chi connectivity index (χ3n) is 4.79. The Labute approximate surface area is 203 Å². The molecule has 3 rings (SSSR count). The molecule has 0 aromatic heterocycles. The van der Waals surface area contributed by atoms with Gasteiger partial charge in [-0.1, -0.05) is 65.7 Å². The third kappa shape index (κ3) is 7.20. The molecule has 1 atom stereocenters. The molecule has 0 saturated heterocycles. The minimum Gasteiger partial charge on any atom is -0.492 e. The molecule has 9 heteroatoms. The fraction of sp³-hybridized carbons (Fsp3) is 0.208. The Morgan fingerprint density at radius 2 is 1.67 bits per heavy atom. The van der Waals surface area contributed by atoms with Crippen LogP contribution in [0.5, 0.6) is 5.75 Å². The van der Waals surface area contributed by atoms with E-state index in [1.54, 1.807) is 31.2 Å². The SMILES string of the molecule is CCOc1ccc(S(=O)(=O)N[C@@H](Cc2ccccc2)C(=O)NCc2ccc(Cl)cc2)cc1Cl. The molecule has 0 saturated carbocycles. The van der Waals surface area contributed by atoms with Crippen LogP contribution in [-0.2, 0) is 27.8 Å². The Hall–Kier alpha value is -2.58. The predicted octanol–water partition coefficient (Wildman–Crippen LogP) is 4.60. The van der Waals surface area contributed by atoms with Crippen LogP contribution in [0.1, 0.15) is 18.1 Å². The Bertz CT molecular complexity index is 1190. The normalized spacial score (nSPS) is 12.2. The second-order valence-electron chi connectivity index (χ2n) is 7.23. The molecule has 0 unspecified atom stereocenters. The fourth-order valence-corrected chi connectivity index (χ4v) is 4.78. The zero-order valence-electron chi connectivity index (χ0n) is 17.9. The lowest BCUT2D eigenvalue weighted by atomic mass is 10.1. The van der Waals surface area contributed by atoms with Crippen LogP contribution in [0.3, 0.4) is 0 Å². The molecule has 0 radical (unpaired) electrons. The van der Waals surface area contributed by atoms with Gasteiger partial charge in [0.1, 0.15) is 11.8 Å². The topological polar surface area (TPSA) is 84.5 Å². The van der Waals surface area contributed by atoms with Crippen LogP contribution in [0.4, 0.5) is 0 Å². The lowest BCUT2D eigenvalue weighted by Crippen LogP contribution is -2.47. The first-order chi connectivity index (χ1) is 15.8. The molecule has 3 aromatic rings. The summed E-state index contributed by atoms with van der Waals surface area (Å²) in [6.07, 6.45) is 0.178. The van der Waals surface area contributed by atoms with Gasteiger partial charge in [0.2, 0.25) is 15.9 Å². The van der Waals surface area contributed by atoms with Crippen molar-refractivity contribution in [2.24, 2.45) is 0 Å². The standard InChI is InChI=1S/C24H24Cl2N2O4S/c1-2-32-23-13-12-20(15-21(23)26)33(30,31)28-22(14-17-6-4-3-5-7-17)24(29)27-16-18-8-10-19(25)11-9-18/h3-13,15,22,28H,2,14,16H2,1H3,(H,27,29)/t22-/m0/s1. The highest BCUT2D eigenvalue weighted by Gasteiger charge is 2.26. The molecule has 174 valence electrons. The highest BCUT2D eigenvalue weighted by molar-refractivity contribution is 7.89. The highest BCUT2D eigenvalue weighted by Crippen LogP contribution is 2.27. The monoisotopic (exact) mass is 506 g/mol. The van der Waals surface area contributed by atoms with Gasteiger partial charge >= 0.3 is 0 Å². The zero-order chi connectivity index (χ0) is 23.8. The summed E-state index contributed by atoms with van der Waals surface area (Å²) >= 11 is 12.1. The summed E-state index contributed by atoms with van der Waals surface area (Å²) in [5.74, 6) is -0.0610. The number of nitrogens with one attached hydrogen (secondary N) is 2. The summed E-state index contributed by atoms with van der Waals surface area (Å²) in [6, 6.07) is 19.4. The lowest BCUT2D eigenvalue weighted by Gasteiger charge is -2.19. The van der Waals surface area contributed by atoms with E-state index in [1.807, 2.05) is 30.3 Å². The molecule has 0 aliphatic heterocycles. The summed E-state index contributed by atoms with van der Waals surface area (Å²) in [7, 11) is -4.04. The van der Waals surface area contributed by atoms with E-state index in [4.69, 9.17) is 27.9 Å². The minimum absolute atomic E-state index is 0.0560. The number of sulfonamides is 1. The maximum Gasteiger partial charge on any atom is 0.241 e. The summed E-state index contributed by atoms with van der Waals surface area (Å²) in [4.78, 5) is 12.9. The van der Waals surface area contributed by atoms with Gasteiger partial charge in [-0.2, -0.15) is 4.72 Å². The summed E-state index contributed by atoms with van der Waals surface area (Å²) in [6.45, 7) is 2.44. The fourth-order valence-electron chi connectivity index (χ4n) is 3.13. The van der Waals surface area contributed by atoms with E-state index in [0.29, 0.717) is 17.4 Å². The number of rotatable bonds is 10. The molecule has 0 aliphatic carbocycles. The molecule has 0 fully saturated rings. The van der Waals surface area contributed by atoms with E-state index in [2.05, 4.69) is 10.0 Å². The number of carbonyl (C=O) groups is 1. The van der Waals surface area contributed by atoms with Crippen LogP contribution in [-0.4, -0.2) is 27.0 Å². The van der Waals surface area contributed by atoms with Gasteiger partial charge in [0.25, 0.3) is 0 Å². The van der Waals surface area contributed by atoms with Gasteiger partial charge in [-0.15, -0.1) is 0 Å². The van der Waals surface area contributed by atoms with E-state index in [9.17, 15) is 13.2 Å². The Morgan fingerprint density at radius 1 is 0.970 bits per heavy atom. The van der Waals surface area contributed by atoms with Gasteiger partial charge in [-0.05, 0) is 54.8 Å². The Kier molecular flexibility index (Phi) is 8.74. The maximum absolute atomic E-state index is 13.1. The largest absolute Gasteiger partial charge is 0.492 e. The molecule has 0 heterocycles. The van der Waals surface area contributed by atoms with Crippen molar-refractivity contribution in [3.8, 4) is 5.75 Å². The molecular formula is C24H24Cl2N2O4S. The van der Waals surface area contributed by atoms with E-state index in [0.717, 1.165) is 11.1 Å². The second-order valence-corrected chi connectivity index (χ2v) is 9.79. The van der Waals surface area contributed by atoms with Gasteiger partial charge in [0.05, 0.1) is 16.5 Å². The highest BCUT2D eigenvalue weighted by atomic mass is 35.5. The van der Waals surface area contributed by atoms with Crippen molar-refractivity contribution < 1.29 is 17.9 Å². The molecule has 3 aromatic carbocycles. The van der Waals surface area contributed by atoms with Crippen molar-refractivity contribution in [1.29, 1.82) is 0 Å². The number of hydrogen-bond donors (Lipinski definition) is 2. The van der Waals surface area contributed by atoms with Gasteiger partial charge in [0, 0.05) is 11.6 Å². The van der Waals surface area contributed by atoms with Crippen molar-refractivity contribution in [3.05, 3.63) is 94.0 Å². The van der Waals surface area contributed by atoms with Gasteiger partial charge < -0.3 is 10.1 Å². The zero-order valence-corrected chi connectivity index (χ0v) is 20.3. The van der Waals surface area contributed by atoms with Gasteiger partial charge in [0.15, 0.2) is 0 Å². The molecule has 0 aliphatic rings. The van der Waals surface area contributed by atoms with Crippen molar-refractivity contribution in [1.82, 2.24) is 10.0 Å².